The Morgan fingerprint density at radius 3 is 2.40 bits per heavy atom. The van der Waals surface area contributed by atoms with Gasteiger partial charge < -0.3 is 19.9 Å². The van der Waals surface area contributed by atoms with Gasteiger partial charge in [-0.05, 0) is 12.8 Å². The lowest BCUT2D eigenvalue weighted by Crippen LogP contribution is -2.47. The van der Waals surface area contributed by atoms with Gasteiger partial charge in [0.1, 0.15) is 0 Å². The number of piperazine rings is 1. The molecule has 0 saturated carbocycles. The fraction of sp³-hybridized carbons (Fsp3) is 0.933. The Morgan fingerprint density at radius 2 is 1.75 bits per heavy atom. The molecule has 4 atom stereocenters. The van der Waals surface area contributed by atoms with Gasteiger partial charge in [0.25, 0.3) is 0 Å². The fourth-order valence-corrected chi connectivity index (χ4v) is 4.56. The van der Waals surface area contributed by atoms with Crippen molar-refractivity contribution in [2.75, 3.05) is 45.8 Å². The van der Waals surface area contributed by atoms with Crippen molar-refractivity contribution in [3.63, 3.8) is 0 Å². The van der Waals surface area contributed by atoms with Gasteiger partial charge in [0.15, 0.2) is 0 Å². The molecule has 0 aromatic heterocycles. The van der Waals surface area contributed by atoms with Crippen LogP contribution in [-0.4, -0.2) is 73.7 Å². The van der Waals surface area contributed by atoms with Crippen LogP contribution in [0.2, 0.25) is 0 Å². The van der Waals surface area contributed by atoms with Crippen LogP contribution >= 0.6 is 0 Å². The minimum atomic E-state index is 0.336. The highest BCUT2D eigenvalue weighted by Crippen LogP contribution is 2.47. The van der Waals surface area contributed by atoms with E-state index in [-0.39, 0.29) is 0 Å². The van der Waals surface area contributed by atoms with E-state index < -0.39 is 0 Å². The maximum atomic E-state index is 12.2. The number of rotatable bonds is 3. The number of carbonyl (C=O) groups is 1. The lowest BCUT2D eigenvalue weighted by molar-refractivity contribution is -0.132. The summed E-state index contributed by atoms with van der Waals surface area (Å²) >= 11 is 0. The van der Waals surface area contributed by atoms with Crippen LogP contribution in [0.25, 0.3) is 0 Å². The Balaban J connectivity index is 1.26. The molecule has 4 rings (SSSR count). The van der Waals surface area contributed by atoms with Crippen molar-refractivity contribution in [1.82, 2.24) is 15.1 Å². The second-order valence-electron chi connectivity index (χ2n) is 6.76. The summed E-state index contributed by atoms with van der Waals surface area (Å²) in [5.74, 6) is 1.84. The quantitative estimate of drug-likeness (QED) is 0.785. The third-order valence-electron chi connectivity index (χ3n) is 5.64. The van der Waals surface area contributed by atoms with Crippen molar-refractivity contribution in [3.05, 3.63) is 0 Å². The van der Waals surface area contributed by atoms with Gasteiger partial charge in [-0.1, -0.05) is 0 Å². The molecular formula is C15H25N3O2. The standard InChI is InChI=1S/C15H25N3O2/c19-15(18-7-4-16-5-8-18)3-6-17-9-11-12(10-17)14-2-1-13(11)20-14/h11-14,16H,1-10H2. The minimum absolute atomic E-state index is 0.336. The zero-order valence-electron chi connectivity index (χ0n) is 12.1. The van der Waals surface area contributed by atoms with Crippen molar-refractivity contribution >= 4 is 5.91 Å². The van der Waals surface area contributed by atoms with Crippen LogP contribution in [0.15, 0.2) is 0 Å². The summed E-state index contributed by atoms with van der Waals surface area (Å²) in [5.41, 5.74) is 0. The van der Waals surface area contributed by atoms with E-state index in [0.717, 1.165) is 57.6 Å². The van der Waals surface area contributed by atoms with E-state index in [1.807, 2.05) is 4.90 Å². The number of carbonyl (C=O) groups excluding carboxylic acids is 1. The molecule has 4 aliphatic heterocycles. The predicted octanol–water partition coefficient (Wildman–Crippen LogP) is -0.0825. The van der Waals surface area contributed by atoms with E-state index in [1.165, 1.54) is 12.8 Å². The molecule has 4 heterocycles. The molecule has 5 heteroatoms. The molecule has 0 spiro atoms. The van der Waals surface area contributed by atoms with Crippen molar-refractivity contribution in [1.29, 1.82) is 0 Å². The Kier molecular flexibility index (Phi) is 3.44. The van der Waals surface area contributed by atoms with Gasteiger partial charge in [-0.25, -0.2) is 0 Å². The van der Waals surface area contributed by atoms with Crippen molar-refractivity contribution in [2.24, 2.45) is 11.8 Å². The molecule has 0 aromatic rings. The molecule has 0 radical (unpaired) electrons. The Hall–Kier alpha value is -0.650. The minimum Gasteiger partial charge on any atom is -0.374 e. The molecule has 20 heavy (non-hydrogen) atoms. The number of amides is 1. The summed E-state index contributed by atoms with van der Waals surface area (Å²) in [4.78, 5) is 16.7. The largest absolute Gasteiger partial charge is 0.374 e. The Morgan fingerprint density at radius 1 is 1.10 bits per heavy atom. The first kappa shape index (κ1) is 13.0. The van der Waals surface area contributed by atoms with Crippen LogP contribution < -0.4 is 5.32 Å². The molecule has 0 aliphatic carbocycles. The summed E-state index contributed by atoms with van der Waals surface area (Å²) in [6, 6.07) is 0. The second-order valence-corrected chi connectivity index (χ2v) is 6.76. The van der Waals surface area contributed by atoms with Gasteiger partial charge in [0, 0.05) is 64.1 Å². The molecular weight excluding hydrogens is 254 g/mol. The van der Waals surface area contributed by atoms with E-state index >= 15 is 0 Å². The van der Waals surface area contributed by atoms with Gasteiger partial charge in [-0.15, -0.1) is 0 Å². The van der Waals surface area contributed by atoms with Crippen molar-refractivity contribution in [2.45, 2.75) is 31.5 Å². The molecule has 1 amide bonds. The van der Waals surface area contributed by atoms with Crippen LogP contribution in [-0.2, 0) is 9.53 Å². The number of hydrogen-bond acceptors (Lipinski definition) is 4. The third kappa shape index (κ3) is 2.26. The maximum Gasteiger partial charge on any atom is 0.223 e. The molecule has 5 nitrogen and oxygen atoms in total. The van der Waals surface area contributed by atoms with Gasteiger partial charge in [-0.2, -0.15) is 0 Å². The Bertz CT molecular complexity index is 365. The zero-order chi connectivity index (χ0) is 13.5. The molecule has 0 aromatic carbocycles. The summed E-state index contributed by atoms with van der Waals surface area (Å²) in [7, 11) is 0. The van der Waals surface area contributed by atoms with Crippen molar-refractivity contribution in [3.8, 4) is 0 Å². The van der Waals surface area contributed by atoms with Gasteiger partial charge in [-0.3, -0.25) is 4.79 Å². The topological polar surface area (TPSA) is 44.8 Å². The van der Waals surface area contributed by atoms with E-state index in [4.69, 9.17) is 4.74 Å². The Labute approximate surface area is 120 Å². The maximum absolute atomic E-state index is 12.2. The lowest BCUT2D eigenvalue weighted by atomic mass is 9.82. The highest BCUT2D eigenvalue weighted by atomic mass is 16.5. The first-order chi connectivity index (χ1) is 9.81. The number of hydrogen-bond donors (Lipinski definition) is 1. The number of nitrogens with one attached hydrogen (secondary N) is 1. The van der Waals surface area contributed by atoms with Gasteiger partial charge in [0.05, 0.1) is 12.2 Å². The predicted molar refractivity (Wildman–Crippen MR) is 75.4 cm³/mol. The average Bonchev–Trinajstić information content (AvgIpc) is 3.18. The monoisotopic (exact) mass is 279 g/mol. The van der Waals surface area contributed by atoms with Crippen LogP contribution in [0.4, 0.5) is 0 Å². The highest BCUT2D eigenvalue weighted by Gasteiger charge is 2.52. The smallest absolute Gasteiger partial charge is 0.223 e. The molecule has 4 fully saturated rings. The summed E-state index contributed by atoms with van der Waals surface area (Å²) in [6.07, 6.45) is 4.27. The SMILES string of the molecule is O=C(CCN1CC2C3CCC(O3)C2C1)N1CCNCC1. The van der Waals surface area contributed by atoms with E-state index in [2.05, 4.69) is 10.2 Å². The second kappa shape index (κ2) is 5.28. The van der Waals surface area contributed by atoms with Crippen molar-refractivity contribution < 1.29 is 9.53 Å². The number of ether oxygens (including phenoxy) is 1. The molecule has 2 bridgehead atoms. The molecule has 112 valence electrons. The zero-order valence-corrected chi connectivity index (χ0v) is 12.1. The van der Waals surface area contributed by atoms with Gasteiger partial charge >= 0.3 is 0 Å². The highest BCUT2D eigenvalue weighted by molar-refractivity contribution is 5.76. The molecule has 1 N–H and O–H groups in total. The number of fused-ring (bicyclic) bond motifs is 5. The average molecular weight is 279 g/mol. The third-order valence-corrected chi connectivity index (χ3v) is 5.64. The lowest BCUT2D eigenvalue weighted by Gasteiger charge is -2.28. The summed E-state index contributed by atoms with van der Waals surface area (Å²) in [5, 5.41) is 3.29. The summed E-state index contributed by atoms with van der Waals surface area (Å²) in [6.45, 7) is 6.89. The molecule has 4 aliphatic rings. The van der Waals surface area contributed by atoms with E-state index in [1.54, 1.807) is 0 Å². The van der Waals surface area contributed by atoms with Crippen LogP contribution in [0.3, 0.4) is 0 Å². The van der Waals surface area contributed by atoms with E-state index in [9.17, 15) is 4.79 Å². The normalized spacial score (nSPS) is 40.3. The van der Waals surface area contributed by atoms with Crippen LogP contribution in [0.1, 0.15) is 19.3 Å². The first-order valence-corrected chi connectivity index (χ1v) is 8.17. The first-order valence-electron chi connectivity index (χ1n) is 8.17. The number of nitrogens with zero attached hydrogens (tertiary/aromatic N) is 2. The molecule has 4 unspecified atom stereocenters. The van der Waals surface area contributed by atoms with Gasteiger partial charge in [0.2, 0.25) is 5.91 Å². The van der Waals surface area contributed by atoms with E-state index in [0.29, 0.717) is 24.5 Å². The summed E-state index contributed by atoms with van der Waals surface area (Å²) < 4.78 is 6.00. The fourth-order valence-electron chi connectivity index (χ4n) is 4.56. The van der Waals surface area contributed by atoms with Crippen LogP contribution in [0.5, 0.6) is 0 Å². The molecule has 4 saturated heterocycles. The number of likely N-dealkylation sites (tertiary alicyclic amines) is 1. The van der Waals surface area contributed by atoms with Crippen LogP contribution in [0, 0.1) is 11.8 Å².